The highest BCUT2D eigenvalue weighted by atomic mass is 16.4. The summed E-state index contributed by atoms with van der Waals surface area (Å²) in [4.78, 5) is 16.4. The number of likely N-dealkylation sites (N-methyl/N-ethyl adjacent to an activating group) is 1. The second-order valence-electron chi connectivity index (χ2n) is 6.84. The van der Waals surface area contributed by atoms with Crippen molar-refractivity contribution in [1.82, 2.24) is 15.1 Å². The Bertz CT molecular complexity index is 335. The Hall–Kier alpha value is -0.650. The van der Waals surface area contributed by atoms with E-state index in [1.165, 1.54) is 0 Å². The van der Waals surface area contributed by atoms with Crippen LogP contribution in [0.25, 0.3) is 0 Å². The largest absolute Gasteiger partial charge is 0.480 e. The summed E-state index contributed by atoms with van der Waals surface area (Å²) < 4.78 is 0. The van der Waals surface area contributed by atoms with Gasteiger partial charge in [0, 0.05) is 37.8 Å². The molecule has 1 saturated heterocycles. The molecule has 0 amide bonds. The summed E-state index contributed by atoms with van der Waals surface area (Å²) in [6.07, 6.45) is 0.620. The van der Waals surface area contributed by atoms with Gasteiger partial charge in [0.2, 0.25) is 0 Å². The van der Waals surface area contributed by atoms with E-state index in [2.05, 4.69) is 36.0 Å². The fourth-order valence-corrected chi connectivity index (χ4v) is 3.36. The monoisotopic (exact) mass is 285 g/mol. The molecule has 1 aliphatic heterocycles. The van der Waals surface area contributed by atoms with Crippen molar-refractivity contribution >= 4 is 5.97 Å². The first kappa shape index (κ1) is 17.4. The minimum atomic E-state index is -0.864. The van der Waals surface area contributed by atoms with Crippen molar-refractivity contribution in [3.05, 3.63) is 0 Å². The van der Waals surface area contributed by atoms with Gasteiger partial charge in [-0.25, -0.2) is 0 Å². The lowest BCUT2D eigenvalue weighted by molar-refractivity contribution is -0.145. The van der Waals surface area contributed by atoms with Crippen molar-refractivity contribution in [1.29, 1.82) is 0 Å². The zero-order valence-electron chi connectivity index (χ0n) is 13.8. The lowest BCUT2D eigenvalue weighted by Gasteiger charge is -2.44. The van der Waals surface area contributed by atoms with Crippen LogP contribution in [0.1, 0.15) is 41.0 Å². The summed E-state index contributed by atoms with van der Waals surface area (Å²) >= 11 is 0. The van der Waals surface area contributed by atoms with Crippen molar-refractivity contribution in [3.8, 4) is 0 Å². The molecule has 0 aliphatic carbocycles. The van der Waals surface area contributed by atoms with E-state index in [0.29, 0.717) is 12.5 Å². The molecule has 5 heteroatoms. The summed E-state index contributed by atoms with van der Waals surface area (Å²) in [5, 5.41) is 12.8. The van der Waals surface area contributed by atoms with E-state index in [1.54, 1.807) is 6.92 Å². The molecule has 0 radical (unpaired) electrons. The van der Waals surface area contributed by atoms with Crippen LogP contribution in [0.3, 0.4) is 0 Å². The van der Waals surface area contributed by atoms with Crippen molar-refractivity contribution in [3.63, 3.8) is 0 Å². The molecule has 0 aromatic rings. The first-order valence-corrected chi connectivity index (χ1v) is 7.61. The van der Waals surface area contributed by atoms with Crippen LogP contribution in [0.15, 0.2) is 0 Å². The van der Waals surface area contributed by atoms with Crippen LogP contribution in [-0.2, 0) is 4.79 Å². The number of nitrogens with zero attached hydrogens (tertiary/aromatic N) is 2. The second-order valence-corrected chi connectivity index (χ2v) is 6.84. The Balaban J connectivity index is 2.71. The topological polar surface area (TPSA) is 55.8 Å². The van der Waals surface area contributed by atoms with E-state index in [-0.39, 0.29) is 12.1 Å². The second kappa shape index (κ2) is 6.87. The van der Waals surface area contributed by atoms with Crippen LogP contribution in [0, 0.1) is 0 Å². The van der Waals surface area contributed by atoms with Gasteiger partial charge in [-0.1, -0.05) is 0 Å². The third-order valence-corrected chi connectivity index (χ3v) is 4.23. The highest BCUT2D eigenvalue weighted by molar-refractivity contribution is 5.78. The van der Waals surface area contributed by atoms with Gasteiger partial charge in [0.05, 0.1) is 0 Å². The maximum Gasteiger partial charge on any atom is 0.323 e. The van der Waals surface area contributed by atoms with Crippen molar-refractivity contribution in [2.24, 2.45) is 0 Å². The van der Waals surface area contributed by atoms with E-state index >= 15 is 0 Å². The van der Waals surface area contributed by atoms with Gasteiger partial charge in [-0.15, -0.1) is 0 Å². The Morgan fingerprint density at radius 2 is 2.00 bits per heavy atom. The molecule has 2 N–H and O–H groups in total. The van der Waals surface area contributed by atoms with Gasteiger partial charge < -0.3 is 10.0 Å². The molecular weight excluding hydrogens is 254 g/mol. The summed E-state index contributed by atoms with van der Waals surface area (Å²) in [7, 11) is 2.14. The van der Waals surface area contributed by atoms with E-state index in [4.69, 9.17) is 0 Å². The molecule has 0 aromatic heterocycles. The van der Waals surface area contributed by atoms with Gasteiger partial charge in [-0.05, 0) is 48.1 Å². The molecule has 0 aromatic carbocycles. The number of aliphatic carboxylic acids is 1. The molecule has 5 nitrogen and oxygen atoms in total. The lowest BCUT2D eigenvalue weighted by Crippen LogP contribution is -2.59. The molecule has 0 spiro atoms. The summed E-state index contributed by atoms with van der Waals surface area (Å²) in [6.45, 7) is 13.3. The van der Waals surface area contributed by atoms with Crippen molar-refractivity contribution < 1.29 is 9.90 Å². The minimum Gasteiger partial charge on any atom is -0.480 e. The average molecular weight is 285 g/mol. The normalized spacial score (nSPS) is 26.4. The number of carboxylic acids is 1. The highest BCUT2D eigenvalue weighted by Gasteiger charge is 2.37. The standard InChI is InChI=1S/C15H31N3O2/c1-11(2)16-15(5,14(19)20)9-12(3)18-8-7-17(6)10-13(18)4/h11-13,16H,7-10H2,1-6H3,(H,19,20). The van der Waals surface area contributed by atoms with Crippen LogP contribution in [0.5, 0.6) is 0 Å². The zero-order valence-corrected chi connectivity index (χ0v) is 13.8. The number of hydrogen-bond donors (Lipinski definition) is 2. The Labute approximate surface area is 123 Å². The first-order chi connectivity index (χ1) is 9.15. The number of nitrogens with one attached hydrogen (secondary N) is 1. The van der Waals surface area contributed by atoms with Gasteiger partial charge in [-0.2, -0.15) is 0 Å². The van der Waals surface area contributed by atoms with Crippen LogP contribution in [0.4, 0.5) is 0 Å². The summed E-state index contributed by atoms with van der Waals surface area (Å²) in [5.74, 6) is -0.764. The molecule has 3 unspecified atom stereocenters. The molecule has 0 bridgehead atoms. The molecule has 1 rings (SSSR count). The van der Waals surface area contributed by atoms with Crippen LogP contribution in [0.2, 0.25) is 0 Å². The minimum absolute atomic E-state index is 0.160. The van der Waals surface area contributed by atoms with Crippen molar-refractivity contribution in [2.75, 3.05) is 26.7 Å². The van der Waals surface area contributed by atoms with Gasteiger partial charge in [-0.3, -0.25) is 15.0 Å². The van der Waals surface area contributed by atoms with Gasteiger partial charge in [0.1, 0.15) is 5.54 Å². The van der Waals surface area contributed by atoms with E-state index in [9.17, 15) is 9.90 Å². The molecule has 118 valence electrons. The molecule has 1 fully saturated rings. The summed E-state index contributed by atoms with van der Waals surface area (Å²) in [6, 6.07) is 0.889. The highest BCUT2D eigenvalue weighted by Crippen LogP contribution is 2.21. The van der Waals surface area contributed by atoms with Crippen molar-refractivity contribution in [2.45, 2.75) is 64.7 Å². The van der Waals surface area contributed by atoms with Gasteiger partial charge in [0.15, 0.2) is 0 Å². The number of piperazine rings is 1. The lowest BCUT2D eigenvalue weighted by atomic mass is 9.91. The predicted molar refractivity (Wildman–Crippen MR) is 82.1 cm³/mol. The first-order valence-electron chi connectivity index (χ1n) is 7.61. The molecule has 1 heterocycles. The number of carbonyl (C=O) groups is 1. The van der Waals surface area contributed by atoms with E-state index in [1.807, 2.05) is 13.8 Å². The third-order valence-electron chi connectivity index (χ3n) is 4.23. The number of rotatable bonds is 6. The molecule has 0 saturated carbocycles. The molecule has 20 heavy (non-hydrogen) atoms. The third kappa shape index (κ3) is 4.43. The summed E-state index contributed by atoms with van der Waals surface area (Å²) in [5.41, 5.74) is -0.864. The number of hydrogen-bond acceptors (Lipinski definition) is 4. The molecular formula is C15H31N3O2. The maximum absolute atomic E-state index is 11.6. The SMILES string of the molecule is CC(C)NC(C)(CC(C)N1CCN(C)CC1C)C(=O)O. The smallest absolute Gasteiger partial charge is 0.323 e. The fraction of sp³-hybridized carbons (Fsp3) is 0.933. The molecule has 1 aliphatic rings. The Morgan fingerprint density at radius 3 is 2.45 bits per heavy atom. The number of carboxylic acid groups (broad SMARTS) is 1. The van der Waals surface area contributed by atoms with Gasteiger partial charge >= 0.3 is 5.97 Å². The quantitative estimate of drug-likeness (QED) is 0.769. The Kier molecular flexibility index (Phi) is 5.98. The van der Waals surface area contributed by atoms with Crippen LogP contribution >= 0.6 is 0 Å². The van der Waals surface area contributed by atoms with E-state index < -0.39 is 11.5 Å². The fourth-order valence-electron chi connectivity index (χ4n) is 3.36. The van der Waals surface area contributed by atoms with E-state index in [0.717, 1.165) is 19.6 Å². The molecule has 3 atom stereocenters. The zero-order chi connectivity index (χ0) is 15.5. The predicted octanol–water partition coefficient (Wildman–Crippen LogP) is 1.24. The Morgan fingerprint density at radius 1 is 1.40 bits per heavy atom. The average Bonchev–Trinajstić information content (AvgIpc) is 2.26. The maximum atomic E-state index is 11.6. The van der Waals surface area contributed by atoms with Crippen LogP contribution in [-0.4, -0.2) is 71.2 Å². The van der Waals surface area contributed by atoms with Crippen LogP contribution < -0.4 is 5.32 Å². The van der Waals surface area contributed by atoms with Gasteiger partial charge in [0.25, 0.3) is 0 Å².